The molecule has 0 amide bonds. The normalized spacial score (nSPS) is 17.4. The fourth-order valence-corrected chi connectivity index (χ4v) is 320. The lowest BCUT2D eigenvalue weighted by atomic mass is 10.7. The molecule has 28 heteroatoms. The van der Waals surface area contributed by atoms with E-state index in [0.29, 0.717) is 0 Å². The second kappa shape index (κ2) is 33.6. The van der Waals surface area contributed by atoms with Gasteiger partial charge in [-0.3, -0.25) is 0 Å². The molecule has 0 aromatic heterocycles. The molecule has 0 atom stereocenters. The first-order valence-corrected chi connectivity index (χ1v) is 92.5. The second-order valence-corrected chi connectivity index (χ2v) is 172. The molecule has 69 heavy (non-hydrogen) atoms. The summed E-state index contributed by atoms with van der Waals surface area (Å²) >= 11 is 0. The number of hydrogen-bond donors (Lipinski definition) is 0. The van der Waals surface area contributed by atoms with Crippen LogP contribution in [0.4, 0.5) is 0 Å². The van der Waals surface area contributed by atoms with Gasteiger partial charge in [0.2, 0.25) is 0 Å². The van der Waals surface area contributed by atoms with Gasteiger partial charge in [0.05, 0.1) is 73.6 Å². The van der Waals surface area contributed by atoms with Crippen LogP contribution >= 0.6 is 0 Å². The maximum absolute atomic E-state index is 3.46. The quantitative estimate of drug-likeness (QED) is 0.0905. The minimum atomic E-state index is -1.32. The highest BCUT2D eigenvalue weighted by molar-refractivity contribution is 7.84. The fraction of sp³-hybridized carbons (Fsp3) is 1.00. The van der Waals surface area contributed by atoms with Gasteiger partial charge in [0.15, 0.2) is 0 Å². The van der Waals surface area contributed by atoms with Gasteiger partial charge in [-0.15, -0.1) is 0 Å². The van der Waals surface area contributed by atoms with Gasteiger partial charge in [-0.2, -0.15) is 0 Å². The van der Waals surface area contributed by atoms with E-state index in [0.717, 1.165) is 0 Å². The Balaban J connectivity index is -0.00000139. The molecule has 8 nitrogen and oxygen atoms in total. The lowest BCUT2D eigenvalue weighted by molar-refractivity contribution is 0.495. The smallest absolute Gasteiger partial charge is 0.105 e. The highest BCUT2D eigenvalue weighted by Crippen LogP contribution is 2.26. The molecule has 0 aliphatic rings. The van der Waals surface area contributed by atoms with Gasteiger partial charge in [0.1, 0.15) is 65.9 Å². The van der Waals surface area contributed by atoms with Crippen LogP contribution < -0.4 is 0 Å². The Morgan fingerprint density at radius 1 is 0.217 bits per heavy atom. The van der Waals surface area contributed by atoms with Crippen LogP contribution in [0.3, 0.4) is 0 Å². The second-order valence-electron chi connectivity index (χ2n) is 28.8. The Morgan fingerprint density at radius 3 is 0.406 bits per heavy atom. The standard InChI is InChI=1S/C24H82N4Si14.C16H50N4Si6.CH4/c1-35(2,3)25(36(4,5)6)29-33(30-26(37(7,8)9)38(10,11)12)34(31-27(39(13,14)15)40(16,17)18)32-28(41(19,20)21)42(22,23)24;1-9-17(10-2)21-25(22-18(11-3)12-4)26(23-19(13-5)14-6)24-20(15-7)16-8;/h33-34H,29-32H2,1-24H3;25-26H,9-16,21-24H2,1-8H3;1H4. The summed E-state index contributed by atoms with van der Waals surface area (Å²) in [4.78, 5) is 0. The number of rotatable bonds is 34. The van der Waals surface area contributed by atoms with Gasteiger partial charge in [-0.05, 0) is 52.4 Å². The van der Waals surface area contributed by atoms with E-state index < -0.39 is 95.3 Å². The van der Waals surface area contributed by atoms with E-state index >= 15 is 0 Å². The van der Waals surface area contributed by atoms with E-state index in [-0.39, 0.29) is 81.0 Å². The molecule has 0 spiro atoms. The van der Waals surface area contributed by atoms with Crippen molar-refractivity contribution in [1.82, 2.24) is 33.8 Å². The number of hydrogen-bond acceptors (Lipinski definition) is 8. The first kappa shape index (κ1) is 77.2. The molecule has 0 aliphatic carbocycles. The van der Waals surface area contributed by atoms with Gasteiger partial charge in [0.25, 0.3) is 0 Å². The van der Waals surface area contributed by atoms with Crippen LogP contribution in [-0.4, -0.2) is 255 Å². The molecule has 420 valence electrons. The molecule has 0 aliphatic heterocycles. The van der Waals surface area contributed by atoms with Crippen LogP contribution in [0.25, 0.3) is 0 Å². The van der Waals surface area contributed by atoms with E-state index in [1.807, 2.05) is 0 Å². The Labute approximate surface area is 470 Å². The molecule has 0 N–H and O–H groups in total. The van der Waals surface area contributed by atoms with Gasteiger partial charge in [-0.1, -0.05) is 220 Å². The summed E-state index contributed by atoms with van der Waals surface area (Å²) in [5, 5.41) is 0. The Kier molecular flexibility index (Phi) is 37.6. The summed E-state index contributed by atoms with van der Waals surface area (Å²) in [5.41, 5.74) is 0. The zero-order valence-electron chi connectivity index (χ0n) is 53.2. The molecule has 0 fully saturated rings. The van der Waals surface area contributed by atoms with Crippen molar-refractivity contribution in [2.75, 3.05) is 52.4 Å². The lowest BCUT2D eigenvalue weighted by Crippen LogP contribution is -2.78. The predicted octanol–water partition coefficient (Wildman–Crippen LogP) is 3.57. The monoisotopic (exact) mass is 1300 g/mol. The molecule has 0 aromatic carbocycles. The van der Waals surface area contributed by atoms with Crippen LogP contribution in [0.1, 0.15) is 62.8 Å². The van der Waals surface area contributed by atoms with E-state index in [9.17, 15) is 0 Å². The molecule has 0 aromatic rings. The Bertz CT molecular complexity index is 1080. The van der Waals surface area contributed by atoms with Gasteiger partial charge in [-0.25, -0.2) is 0 Å². The van der Waals surface area contributed by atoms with E-state index in [1.54, 1.807) is 0 Å². The summed E-state index contributed by atoms with van der Waals surface area (Å²) in [5.74, 6) is 0. The zero-order valence-corrected chi connectivity index (χ0v) is 77.1. The third-order valence-corrected chi connectivity index (χ3v) is 253. The van der Waals surface area contributed by atoms with E-state index in [1.165, 1.54) is 52.4 Å². The predicted molar refractivity (Wildman–Crippen MR) is 389 cm³/mol. The molecule has 0 saturated heterocycles. The van der Waals surface area contributed by atoms with Crippen LogP contribution in [0.15, 0.2) is 0 Å². The Morgan fingerprint density at radius 2 is 0.319 bits per heavy atom. The third-order valence-electron chi connectivity index (χ3n) is 15.0. The highest BCUT2D eigenvalue weighted by Gasteiger charge is 2.47. The average Bonchev–Trinajstić information content (AvgIpc) is 3.15. The third kappa shape index (κ3) is 30.3. The first-order chi connectivity index (χ1) is 30.4. The van der Waals surface area contributed by atoms with E-state index in [2.05, 4.69) is 246 Å². The summed E-state index contributed by atoms with van der Waals surface area (Å²) in [6, 6.07) is 0. The summed E-state index contributed by atoms with van der Waals surface area (Å²) in [6.07, 6.45) is 0. The fourth-order valence-electron chi connectivity index (χ4n) is 11.8. The minimum absolute atomic E-state index is 0. The average molecular weight is 1300 g/mol. The maximum Gasteiger partial charge on any atom is 0.105 e. The molecule has 0 heterocycles. The first-order valence-electron chi connectivity index (χ1n) is 28.4. The topological polar surface area (TPSA) is 25.9 Å². The van der Waals surface area contributed by atoms with Crippen LogP contribution in [0.2, 0.25) is 157 Å². The number of nitrogens with zero attached hydrogens (tertiary/aromatic N) is 8. The summed E-state index contributed by atoms with van der Waals surface area (Å²) < 4.78 is 25.6. The molecule has 0 bridgehead atoms. The molecule has 0 saturated carbocycles. The largest absolute Gasteiger partial charge is 0.376 e. The Hall–Kier alpha value is 4.02. The van der Waals surface area contributed by atoms with Gasteiger partial charge in [0, 0.05) is 29.4 Å². The summed E-state index contributed by atoms with van der Waals surface area (Å²) in [6.45, 7) is 95.6. The van der Waals surface area contributed by atoms with Crippen molar-refractivity contribution < 1.29 is 0 Å². The zero-order chi connectivity index (χ0) is 54.2. The van der Waals surface area contributed by atoms with Crippen molar-refractivity contribution in [2.24, 2.45) is 0 Å². The van der Waals surface area contributed by atoms with Crippen molar-refractivity contribution in [2.45, 2.75) is 220 Å². The summed E-state index contributed by atoms with van der Waals surface area (Å²) in [7, 11) is -13.0. The molecule has 0 rings (SSSR count). The molecule has 0 unspecified atom stereocenters. The van der Waals surface area contributed by atoms with Crippen molar-refractivity contribution in [3.8, 4) is 0 Å². The van der Waals surface area contributed by atoms with Crippen LogP contribution in [-0.2, 0) is 0 Å². The molecular weight excluding hydrogens is 1170 g/mol. The maximum atomic E-state index is 3.46. The lowest BCUT2D eigenvalue weighted by Gasteiger charge is -2.53. The van der Waals surface area contributed by atoms with Crippen molar-refractivity contribution >= 4 is 169 Å². The minimum Gasteiger partial charge on any atom is -0.376 e. The van der Waals surface area contributed by atoms with Gasteiger partial charge < -0.3 is 33.8 Å². The van der Waals surface area contributed by atoms with E-state index in [4.69, 9.17) is 0 Å². The highest BCUT2D eigenvalue weighted by atomic mass is 30.1. The van der Waals surface area contributed by atoms with Crippen LogP contribution in [0.5, 0.6) is 0 Å². The molecular formula is C41H136N8Si20. The van der Waals surface area contributed by atoms with Gasteiger partial charge >= 0.3 is 0 Å². The molecule has 0 radical (unpaired) electrons. The van der Waals surface area contributed by atoms with Crippen LogP contribution in [0, 0.1) is 0 Å². The van der Waals surface area contributed by atoms with Crippen molar-refractivity contribution in [1.29, 1.82) is 0 Å². The SMILES string of the molecule is C.CCN(CC)[SiH2][SiH]([SiH2]N(CC)CC)[SiH]([SiH2]N(CC)CC)[SiH2]N(CC)CC.C[Si](C)(C)N([SiH2][SiH]([SiH2]N([Si](C)(C)C)[Si](C)(C)C)[SiH]([SiH2]N([Si](C)(C)C)[Si](C)(C)C)[SiH2]N([Si](C)(C)C)[Si](C)(C)C)[Si](C)(C)C. The van der Waals surface area contributed by atoms with Crippen molar-refractivity contribution in [3.05, 3.63) is 0 Å². The van der Waals surface area contributed by atoms with Crippen molar-refractivity contribution in [3.63, 3.8) is 0 Å².